The molecule has 7 heavy (non-hydrogen) atoms. The average molecular weight is 165 g/mol. The first-order chi connectivity index (χ1) is 3.30. The lowest BCUT2D eigenvalue weighted by Crippen LogP contribution is -2.10. The highest BCUT2D eigenvalue weighted by molar-refractivity contribution is 9.09. The topological polar surface area (TPSA) is 20.2 Å². The zero-order valence-electron chi connectivity index (χ0n) is 4.10. The molecular formula is C5H9BrO. The zero-order chi connectivity index (χ0) is 5.28. The van der Waals surface area contributed by atoms with Gasteiger partial charge in [-0.25, -0.2) is 0 Å². The van der Waals surface area contributed by atoms with E-state index in [1.54, 1.807) is 0 Å². The maximum Gasteiger partial charge on any atom is 0.0665 e. The molecule has 1 aliphatic carbocycles. The molecule has 1 fully saturated rings. The molecule has 1 saturated carbocycles. The number of alkyl halides is 1. The Morgan fingerprint density at radius 3 is 2.29 bits per heavy atom. The van der Waals surface area contributed by atoms with Crippen LogP contribution in [0.4, 0.5) is 0 Å². The minimum absolute atomic E-state index is 0.0694. The van der Waals surface area contributed by atoms with E-state index in [1.165, 1.54) is 6.42 Å². The van der Waals surface area contributed by atoms with E-state index in [-0.39, 0.29) is 6.10 Å². The van der Waals surface area contributed by atoms with Crippen molar-refractivity contribution in [3.63, 3.8) is 0 Å². The van der Waals surface area contributed by atoms with Gasteiger partial charge in [-0.1, -0.05) is 15.9 Å². The van der Waals surface area contributed by atoms with Gasteiger partial charge in [0.2, 0.25) is 0 Å². The van der Waals surface area contributed by atoms with Crippen LogP contribution in [0.3, 0.4) is 0 Å². The molecule has 42 valence electrons. The van der Waals surface area contributed by atoms with Gasteiger partial charge >= 0.3 is 0 Å². The van der Waals surface area contributed by atoms with Crippen molar-refractivity contribution in [2.24, 2.45) is 0 Å². The Kier molecular flexibility index (Phi) is 1.70. The molecule has 2 atom stereocenters. The van der Waals surface area contributed by atoms with E-state index in [4.69, 9.17) is 5.11 Å². The number of aliphatic hydroxyl groups excluding tert-OH is 1. The van der Waals surface area contributed by atoms with E-state index in [0.29, 0.717) is 4.83 Å². The highest BCUT2D eigenvalue weighted by Gasteiger charge is 2.21. The SMILES string of the molecule is O[C@H]1CCC[C@H]1Br. The summed E-state index contributed by atoms with van der Waals surface area (Å²) >= 11 is 3.35. The summed E-state index contributed by atoms with van der Waals surface area (Å²) in [4.78, 5) is 0.382. The van der Waals surface area contributed by atoms with Crippen LogP contribution >= 0.6 is 15.9 Å². The Morgan fingerprint density at radius 1 is 1.43 bits per heavy atom. The van der Waals surface area contributed by atoms with Gasteiger partial charge in [-0.2, -0.15) is 0 Å². The van der Waals surface area contributed by atoms with Crippen LogP contribution in [0.15, 0.2) is 0 Å². The third-order valence-electron chi connectivity index (χ3n) is 1.40. The normalized spacial score (nSPS) is 42.0. The van der Waals surface area contributed by atoms with E-state index >= 15 is 0 Å². The zero-order valence-corrected chi connectivity index (χ0v) is 5.69. The van der Waals surface area contributed by atoms with Crippen molar-refractivity contribution < 1.29 is 5.11 Å². The van der Waals surface area contributed by atoms with Crippen LogP contribution < -0.4 is 0 Å². The molecule has 0 aliphatic heterocycles. The van der Waals surface area contributed by atoms with Gasteiger partial charge in [0.15, 0.2) is 0 Å². The third-order valence-corrected chi connectivity index (χ3v) is 2.47. The standard InChI is InChI=1S/C5H9BrO/c6-4-2-1-3-5(4)7/h4-5,7H,1-3H2/t4-,5+/m1/s1. The molecule has 0 heterocycles. The molecule has 0 aromatic carbocycles. The Balaban J connectivity index is 2.33. The van der Waals surface area contributed by atoms with Crippen molar-refractivity contribution in [1.82, 2.24) is 0 Å². The molecule has 0 amide bonds. The molecule has 0 spiro atoms. The number of rotatable bonds is 0. The smallest absolute Gasteiger partial charge is 0.0665 e. The summed E-state index contributed by atoms with van der Waals surface area (Å²) < 4.78 is 0. The summed E-state index contributed by atoms with van der Waals surface area (Å²) in [6.07, 6.45) is 3.23. The minimum atomic E-state index is -0.0694. The molecule has 1 nitrogen and oxygen atoms in total. The Morgan fingerprint density at radius 2 is 2.14 bits per heavy atom. The third kappa shape index (κ3) is 1.16. The van der Waals surface area contributed by atoms with Gasteiger partial charge in [-0.3, -0.25) is 0 Å². The summed E-state index contributed by atoms with van der Waals surface area (Å²) in [5.41, 5.74) is 0. The summed E-state index contributed by atoms with van der Waals surface area (Å²) in [5, 5.41) is 8.95. The summed E-state index contributed by atoms with van der Waals surface area (Å²) in [6.45, 7) is 0. The van der Waals surface area contributed by atoms with Gasteiger partial charge in [0.05, 0.1) is 6.10 Å². The first-order valence-electron chi connectivity index (χ1n) is 2.63. The van der Waals surface area contributed by atoms with Crippen molar-refractivity contribution in [1.29, 1.82) is 0 Å². The fraction of sp³-hybridized carbons (Fsp3) is 1.00. The van der Waals surface area contributed by atoms with E-state index in [1.807, 2.05) is 0 Å². The summed E-state index contributed by atoms with van der Waals surface area (Å²) in [6, 6.07) is 0. The van der Waals surface area contributed by atoms with Crippen molar-refractivity contribution >= 4 is 15.9 Å². The van der Waals surface area contributed by atoms with Crippen molar-refractivity contribution in [2.75, 3.05) is 0 Å². The minimum Gasteiger partial charge on any atom is -0.392 e. The largest absolute Gasteiger partial charge is 0.392 e. The van der Waals surface area contributed by atoms with E-state index in [0.717, 1.165) is 12.8 Å². The Hall–Kier alpha value is 0.440. The number of halogens is 1. The maximum absolute atomic E-state index is 8.95. The van der Waals surface area contributed by atoms with Crippen LogP contribution in [0.2, 0.25) is 0 Å². The van der Waals surface area contributed by atoms with Crippen LogP contribution in [-0.2, 0) is 0 Å². The number of hydrogen-bond donors (Lipinski definition) is 1. The monoisotopic (exact) mass is 164 g/mol. The van der Waals surface area contributed by atoms with Gasteiger partial charge in [-0.05, 0) is 19.3 Å². The van der Waals surface area contributed by atoms with E-state index in [9.17, 15) is 0 Å². The highest BCUT2D eigenvalue weighted by Crippen LogP contribution is 2.24. The van der Waals surface area contributed by atoms with Gasteiger partial charge in [-0.15, -0.1) is 0 Å². The lowest BCUT2D eigenvalue weighted by molar-refractivity contribution is 0.189. The molecule has 1 rings (SSSR count). The Bertz CT molecular complexity index is 57.1. The fourth-order valence-electron chi connectivity index (χ4n) is 0.895. The van der Waals surface area contributed by atoms with Gasteiger partial charge in [0.1, 0.15) is 0 Å². The number of aliphatic hydroxyl groups is 1. The molecule has 0 aromatic heterocycles. The van der Waals surface area contributed by atoms with Crippen molar-refractivity contribution in [3.05, 3.63) is 0 Å². The van der Waals surface area contributed by atoms with Gasteiger partial charge < -0.3 is 5.11 Å². The lowest BCUT2D eigenvalue weighted by Gasteiger charge is -2.02. The van der Waals surface area contributed by atoms with Crippen LogP contribution in [-0.4, -0.2) is 16.0 Å². The molecule has 1 aliphatic rings. The van der Waals surface area contributed by atoms with Crippen LogP contribution in [0.25, 0.3) is 0 Å². The van der Waals surface area contributed by atoms with Crippen molar-refractivity contribution in [2.45, 2.75) is 30.2 Å². The van der Waals surface area contributed by atoms with Crippen LogP contribution in [0.5, 0.6) is 0 Å². The first kappa shape index (κ1) is 5.57. The maximum atomic E-state index is 8.95. The molecule has 2 heteroatoms. The van der Waals surface area contributed by atoms with Crippen LogP contribution in [0.1, 0.15) is 19.3 Å². The van der Waals surface area contributed by atoms with Crippen molar-refractivity contribution in [3.8, 4) is 0 Å². The van der Waals surface area contributed by atoms with E-state index < -0.39 is 0 Å². The Labute approximate surface area is 51.9 Å². The predicted molar refractivity (Wildman–Crippen MR) is 32.6 cm³/mol. The second-order valence-corrected chi connectivity index (χ2v) is 3.19. The molecule has 0 radical (unpaired) electrons. The lowest BCUT2D eigenvalue weighted by atomic mass is 10.3. The highest BCUT2D eigenvalue weighted by atomic mass is 79.9. The average Bonchev–Trinajstić information content (AvgIpc) is 1.91. The molecule has 0 aromatic rings. The molecule has 0 unspecified atom stereocenters. The second kappa shape index (κ2) is 2.14. The first-order valence-corrected chi connectivity index (χ1v) is 3.54. The predicted octanol–water partition coefficient (Wildman–Crippen LogP) is 1.29. The van der Waals surface area contributed by atoms with Gasteiger partial charge in [0, 0.05) is 4.83 Å². The summed E-state index contributed by atoms with van der Waals surface area (Å²) in [7, 11) is 0. The van der Waals surface area contributed by atoms with Gasteiger partial charge in [0.25, 0.3) is 0 Å². The molecule has 0 saturated heterocycles. The summed E-state index contributed by atoms with van der Waals surface area (Å²) in [5.74, 6) is 0. The molecule has 1 N–H and O–H groups in total. The molecule has 0 bridgehead atoms. The quantitative estimate of drug-likeness (QED) is 0.536. The fourth-order valence-corrected chi connectivity index (χ4v) is 1.48. The van der Waals surface area contributed by atoms with E-state index in [2.05, 4.69) is 15.9 Å². The number of hydrogen-bond acceptors (Lipinski definition) is 1. The molecular weight excluding hydrogens is 156 g/mol. The van der Waals surface area contributed by atoms with Crippen LogP contribution in [0, 0.1) is 0 Å². The second-order valence-electron chi connectivity index (χ2n) is 2.01.